The van der Waals surface area contributed by atoms with Gasteiger partial charge >= 0.3 is 0 Å². The van der Waals surface area contributed by atoms with E-state index in [2.05, 4.69) is 50.6 Å². The molecule has 262 valence electrons. The number of benzene rings is 3. The first-order chi connectivity index (χ1) is 24.1. The first-order valence-electron chi connectivity index (χ1n) is 17.3. The maximum Gasteiger partial charge on any atom is 0.261 e. The first-order valence-corrected chi connectivity index (χ1v) is 17.9. The highest BCUT2D eigenvalue weighted by atomic mass is 31.2. The standard InChI is InChI=1S/C38H47N2O8P/c1-27(2)40(28(3)4)49(47-22-10-21-39)48-37-24-36(35(37)34(23-44-36)43-26-46-37)25-45-38(29-11-8-7-9-12-29,30-13-17-32(41-5)18-14-30)31-15-19-33(42-6)20-16-31/h7-9,11-20,27-28,34-35H,10,22-26H2,1-6H3/t34-,35?,36-,37?,49?/m1/s1/i23T/t23?,34-,35?,36-,37?,49?. The zero-order chi connectivity index (χ0) is 35.5. The van der Waals surface area contributed by atoms with Gasteiger partial charge in [0.15, 0.2) is 12.6 Å². The van der Waals surface area contributed by atoms with E-state index >= 15 is 0 Å². The monoisotopic (exact) mass is 692 g/mol. The second-order valence-corrected chi connectivity index (χ2v) is 14.5. The van der Waals surface area contributed by atoms with Crippen molar-refractivity contribution in [3.05, 3.63) is 95.6 Å². The fourth-order valence-corrected chi connectivity index (χ4v) is 9.13. The van der Waals surface area contributed by atoms with Gasteiger partial charge in [-0.1, -0.05) is 54.6 Å². The smallest absolute Gasteiger partial charge is 0.261 e. The number of methoxy groups -OCH3 is 2. The quantitative estimate of drug-likeness (QED) is 0.0873. The van der Waals surface area contributed by atoms with E-state index in [1.54, 1.807) is 14.2 Å². The second kappa shape index (κ2) is 15.0. The van der Waals surface area contributed by atoms with Gasteiger partial charge in [-0.3, -0.25) is 4.52 Å². The van der Waals surface area contributed by atoms with Crippen LogP contribution in [0.1, 0.15) is 58.6 Å². The van der Waals surface area contributed by atoms with E-state index in [9.17, 15) is 5.26 Å². The molecule has 0 bridgehead atoms. The summed E-state index contributed by atoms with van der Waals surface area (Å²) in [7, 11) is 1.65. The summed E-state index contributed by atoms with van der Waals surface area (Å²) in [5, 5.41) is 9.24. The average molecular weight is 693 g/mol. The molecule has 3 aliphatic rings. The maximum absolute atomic E-state index is 9.24. The molecule has 0 spiro atoms. The molecule has 49 heavy (non-hydrogen) atoms. The molecule has 0 aromatic heterocycles. The van der Waals surface area contributed by atoms with Gasteiger partial charge in [-0.15, -0.1) is 0 Å². The van der Waals surface area contributed by atoms with E-state index in [-0.39, 0.29) is 38.5 Å². The first kappa shape index (κ1) is 34.4. The lowest BCUT2D eigenvalue weighted by molar-refractivity contribution is -0.396. The van der Waals surface area contributed by atoms with Crippen molar-refractivity contribution in [1.82, 2.24) is 4.67 Å². The molecule has 2 aliphatic heterocycles. The lowest BCUT2D eigenvalue weighted by atomic mass is 9.63. The van der Waals surface area contributed by atoms with E-state index in [0.717, 1.165) is 28.2 Å². The molecule has 2 heterocycles. The summed E-state index contributed by atoms with van der Waals surface area (Å²) in [6.45, 7) is 7.71. The Labute approximate surface area is 292 Å². The molecule has 1 aliphatic carbocycles. The van der Waals surface area contributed by atoms with Crippen molar-refractivity contribution in [3.8, 4) is 17.6 Å². The van der Waals surface area contributed by atoms with Crippen molar-refractivity contribution in [3.63, 3.8) is 0 Å². The predicted molar refractivity (Wildman–Crippen MR) is 185 cm³/mol. The Morgan fingerprint density at radius 1 is 0.918 bits per heavy atom. The molecule has 6 rings (SSSR count). The third-order valence-electron chi connectivity index (χ3n) is 9.52. The van der Waals surface area contributed by atoms with E-state index in [1.807, 2.05) is 66.7 Å². The molecular formula is C38H47N2O8P. The molecule has 11 heteroatoms. The molecule has 3 fully saturated rings. The highest BCUT2D eigenvalue weighted by Gasteiger charge is 2.75. The van der Waals surface area contributed by atoms with Gasteiger partial charge in [0.2, 0.25) is 0 Å². The summed E-state index contributed by atoms with van der Waals surface area (Å²) >= 11 is 0. The lowest BCUT2D eigenvalue weighted by Crippen LogP contribution is -2.72. The Hall–Kier alpha value is -3.10. The number of rotatable bonds is 16. The Bertz CT molecular complexity index is 1550. The summed E-state index contributed by atoms with van der Waals surface area (Å²) in [6, 6.07) is 28.2. The van der Waals surface area contributed by atoms with Crippen LogP contribution in [0.4, 0.5) is 0 Å². The maximum atomic E-state index is 9.24. The van der Waals surface area contributed by atoms with Gasteiger partial charge < -0.3 is 32.9 Å². The minimum absolute atomic E-state index is 0.0345. The second-order valence-electron chi connectivity index (χ2n) is 13.1. The van der Waals surface area contributed by atoms with Crippen molar-refractivity contribution in [1.29, 1.82) is 5.26 Å². The summed E-state index contributed by atoms with van der Waals surface area (Å²) in [4.78, 5) is 0. The van der Waals surface area contributed by atoms with E-state index in [1.165, 1.54) is 0 Å². The molecule has 0 N–H and O–H groups in total. The minimum atomic E-state index is -1.64. The van der Waals surface area contributed by atoms with E-state index in [0.29, 0.717) is 6.42 Å². The van der Waals surface area contributed by atoms with Crippen LogP contribution in [-0.2, 0) is 33.6 Å². The molecular weight excluding hydrogens is 643 g/mol. The van der Waals surface area contributed by atoms with Crippen LogP contribution in [0.3, 0.4) is 0 Å². The third kappa shape index (κ3) is 6.72. The Kier molecular flexibility index (Phi) is 10.5. The van der Waals surface area contributed by atoms with Crippen molar-refractivity contribution >= 4 is 8.53 Å². The molecule has 0 amide bonds. The molecule has 6 atom stereocenters. The van der Waals surface area contributed by atoms with Crippen molar-refractivity contribution in [2.24, 2.45) is 5.92 Å². The molecule has 1 saturated carbocycles. The summed E-state index contributed by atoms with van der Waals surface area (Å²) in [6.07, 6.45) is -0.0549. The van der Waals surface area contributed by atoms with E-state index in [4.69, 9.17) is 38.8 Å². The largest absolute Gasteiger partial charge is 0.497 e. The van der Waals surface area contributed by atoms with Crippen LogP contribution in [0.2, 0.25) is 0 Å². The number of nitrogens with zero attached hydrogens (tertiary/aromatic N) is 2. The van der Waals surface area contributed by atoms with Gasteiger partial charge in [-0.2, -0.15) is 5.26 Å². The average Bonchev–Trinajstić information content (AvgIpc) is 3.38. The number of ether oxygens (including phenoxy) is 6. The number of hydrogen-bond acceptors (Lipinski definition) is 10. The molecule has 0 radical (unpaired) electrons. The highest BCUT2D eigenvalue weighted by molar-refractivity contribution is 7.44. The molecule has 4 unspecified atom stereocenters. The van der Waals surface area contributed by atoms with Gasteiger partial charge in [0, 0.05) is 18.5 Å². The van der Waals surface area contributed by atoms with Crippen LogP contribution < -0.4 is 9.47 Å². The number of hydrogen-bond donors (Lipinski definition) is 0. The van der Waals surface area contributed by atoms with Crippen LogP contribution in [0, 0.1) is 17.2 Å². The Morgan fingerprint density at radius 2 is 1.51 bits per heavy atom. The van der Waals surface area contributed by atoms with Crippen LogP contribution in [0.15, 0.2) is 78.9 Å². The summed E-state index contributed by atoms with van der Waals surface area (Å²) in [5.74, 6) is -0.147. The Balaban J connectivity index is 1.39. The van der Waals surface area contributed by atoms with Crippen LogP contribution in [0.5, 0.6) is 11.5 Å². The van der Waals surface area contributed by atoms with E-state index < -0.39 is 44.1 Å². The van der Waals surface area contributed by atoms with Crippen molar-refractivity contribution < 1.29 is 38.8 Å². The predicted octanol–water partition coefficient (Wildman–Crippen LogP) is 7.16. The zero-order valence-electron chi connectivity index (χ0n) is 30.0. The molecule has 3 aromatic carbocycles. The van der Waals surface area contributed by atoms with Crippen LogP contribution in [-0.4, -0.2) is 75.1 Å². The Morgan fingerprint density at radius 3 is 2.06 bits per heavy atom. The fraction of sp³-hybridized carbons (Fsp3) is 0.500. The van der Waals surface area contributed by atoms with Gasteiger partial charge in [0.1, 0.15) is 22.7 Å². The fourth-order valence-electron chi connectivity index (χ4n) is 7.35. The summed E-state index contributed by atoms with van der Waals surface area (Å²) in [5.41, 5.74) is 0.660. The van der Waals surface area contributed by atoms with Gasteiger partial charge in [0.25, 0.3) is 8.53 Å². The SMILES string of the molecule is [3H]C1O[C@@]2(COC(c3ccccc3)(c3ccc(OC)cc3)c3ccc(OC)cc3)CC3(OP(OCCC#N)N(C(C)C)C(C)C)OCO[C@H]1C32. The van der Waals surface area contributed by atoms with Crippen molar-refractivity contribution in [2.75, 3.05) is 40.8 Å². The minimum Gasteiger partial charge on any atom is -0.497 e. The molecule has 2 saturated heterocycles. The van der Waals surface area contributed by atoms with Crippen LogP contribution in [0.25, 0.3) is 0 Å². The lowest BCUT2D eigenvalue weighted by Gasteiger charge is -2.60. The van der Waals surface area contributed by atoms with Crippen molar-refractivity contribution in [2.45, 2.75) is 75.7 Å². The summed E-state index contributed by atoms with van der Waals surface area (Å²) < 4.78 is 61.6. The zero-order valence-corrected chi connectivity index (χ0v) is 29.9. The van der Waals surface area contributed by atoms with Gasteiger partial charge in [-0.25, -0.2) is 4.67 Å². The topological polar surface area (TPSA) is 101 Å². The molecule has 10 nitrogen and oxygen atoms in total. The van der Waals surface area contributed by atoms with Gasteiger partial charge in [0.05, 0.1) is 59.9 Å². The number of nitriles is 1. The molecule has 3 aromatic rings. The highest BCUT2D eigenvalue weighted by Crippen LogP contribution is 2.65. The normalized spacial score (nSPS) is 26.9. The third-order valence-corrected chi connectivity index (χ3v) is 11.7. The van der Waals surface area contributed by atoms with Gasteiger partial charge in [-0.05, 0) is 68.7 Å². The van der Waals surface area contributed by atoms with Crippen LogP contribution >= 0.6 is 8.53 Å².